The molecule has 126 valence electrons. The molecule has 1 aromatic rings. The van der Waals surface area contributed by atoms with E-state index in [0.29, 0.717) is 10.0 Å². The highest BCUT2D eigenvalue weighted by Crippen LogP contribution is 2.27. The normalized spacial score (nSPS) is 17.6. The van der Waals surface area contributed by atoms with E-state index in [1.54, 1.807) is 25.1 Å². The van der Waals surface area contributed by atoms with Gasteiger partial charge >= 0.3 is 5.97 Å². The summed E-state index contributed by atoms with van der Waals surface area (Å²) in [6.45, 7) is 3.40. The third kappa shape index (κ3) is 4.85. The quantitative estimate of drug-likeness (QED) is 0.799. The fourth-order valence-electron chi connectivity index (χ4n) is 2.75. The summed E-state index contributed by atoms with van der Waals surface area (Å²) >= 11 is 12.0. The van der Waals surface area contributed by atoms with Crippen molar-refractivity contribution >= 4 is 35.1 Å². The van der Waals surface area contributed by atoms with E-state index >= 15 is 0 Å². The van der Waals surface area contributed by atoms with Gasteiger partial charge in [0.1, 0.15) is 0 Å². The number of esters is 1. The van der Waals surface area contributed by atoms with Gasteiger partial charge in [0, 0.05) is 10.0 Å². The number of rotatable bonds is 5. The summed E-state index contributed by atoms with van der Waals surface area (Å²) in [5.74, 6) is -0.675. The van der Waals surface area contributed by atoms with Crippen molar-refractivity contribution in [3.63, 3.8) is 0 Å². The van der Waals surface area contributed by atoms with Crippen LogP contribution in [-0.2, 0) is 14.3 Å². The Labute approximate surface area is 146 Å². The Balaban J connectivity index is 1.90. The zero-order valence-electron chi connectivity index (χ0n) is 13.3. The van der Waals surface area contributed by atoms with Crippen LogP contribution < -0.4 is 5.32 Å². The molecule has 1 N–H and O–H groups in total. The molecular formula is C17H21Cl2NO3. The van der Waals surface area contributed by atoms with Crippen LogP contribution in [0.25, 0.3) is 0 Å². The van der Waals surface area contributed by atoms with Crippen LogP contribution in [0, 0.1) is 5.92 Å². The van der Waals surface area contributed by atoms with E-state index in [9.17, 15) is 9.59 Å². The fourth-order valence-corrected chi connectivity index (χ4v) is 3.32. The first-order valence-corrected chi connectivity index (χ1v) is 8.60. The average molecular weight is 358 g/mol. The van der Waals surface area contributed by atoms with Crippen molar-refractivity contribution in [1.29, 1.82) is 0 Å². The summed E-state index contributed by atoms with van der Waals surface area (Å²) in [6.07, 6.45) is 2.98. The number of ether oxygens (including phenoxy) is 1. The van der Waals surface area contributed by atoms with Gasteiger partial charge in [-0.3, -0.25) is 9.59 Å². The highest BCUT2D eigenvalue weighted by atomic mass is 35.5. The van der Waals surface area contributed by atoms with Gasteiger partial charge in [-0.2, -0.15) is 0 Å². The average Bonchev–Trinajstić information content (AvgIpc) is 3.01. The molecule has 0 aromatic heterocycles. The number of benzene rings is 1. The Morgan fingerprint density at radius 2 is 1.87 bits per heavy atom. The number of hydrogen-bond acceptors (Lipinski definition) is 3. The number of carbonyl (C=O) groups is 2. The first kappa shape index (κ1) is 18.1. The third-order valence-electron chi connectivity index (χ3n) is 4.14. The molecule has 6 heteroatoms. The lowest BCUT2D eigenvalue weighted by atomic mass is 10.1. The fraction of sp³-hybridized carbons (Fsp3) is 0.529. The second-order valence-electron chi connectivity index (χ2n) is 5.96. The van der Waals surface area contributed by atoms with Crippen molar-refractivity contribution in [3.05, 3.63) is 33.8 Å². The van der Waals surface area contributed by atoms with Crippen molar-refractivity contribution in [1.82, 2.24) is 5.32 Å². The molecule has 0 bridgehead atoms. The van der Waals surface area contributed by atoms with Crippen molar-refractivity contribution in [3.8, 4) is 0 Å². The van der Waals surface area contributed by atoms with Crippen LogP contribution in [0.3, 0.4) is 0 Å². The van der Waals surface area contributed by atoms with E-state index < -0.39 is 6.10 Å². The molecule has 1 aromatic carbocycles. The predicted molar refractivity (Wildman–Crippen MR) is 90.5 cm³/mol. The number of nitrogens with one attached hydrogen (secondary N) is 1. The lowest BCUT2D eigenvalue weighted by Crippen LogP contribution is -2.38. The van der Waals surface area contributed by atoms with Crippen LogP contribution in [0.2, 0.25) is 10.0 Å². The minimum absolute atomic E-state index is 0.0617. The summed E-state index contributed by atoms with van der Waals surface area (Å²) in [5.41, 5.74) is 0.763. The molecule has 23 heavy (non-hydrogen) atoms. The van der Waals surface area contributed by atoms with Crippen molar-refractivity contribution in [2.75, 3.05) is 0 Å². The topological polar surface area (TPSA) is 55.4 Å². The summed E-state index contributed by atoms with van der Waals surface area (Å²) < 4.78 is 5.28. The van der Waals surface area contributed by atoms with Crippen LogP contribution in [0.1, 0.15) is 51.1 Å². The van der Waals surface area contributed by atoms with E-state index in [4.69, 9.17) is 27.9 Å². The van der Waals surface area contributed by atoms with Gasteiger partial charge in [-0.25, -0.2) is 0 Å². The zero-order chi connectivity index (χ0) is 17.0. The van der Waals surface area contributed by atoms with Crippen LogP contribution in [0.4, 0.5) is 0 Å². The second-order valence-corrected chi connectivity index (χ2v) is 6.80. The molecule has 2 atom stereocenters. The maximum absolute atomic E-state index is 12.2. The first-order valence-electron chi connectivity index (χ1n) is 7.84. The summed E-state index contributed by atoms with van der Waals surface area (Å²) in [7, 11) is 0. The maximum Gasteiger partial charge on any atom is 0.309 e. The van der Waals surface area contributed by atoms with Crippen molar-refractivity contribution in [2.45, 2.75) is 51.7 Å². The van der Waals surface area contributed by atoms with E-state index in [-0.39, 0.29) is 23.8 Å². The number of hydrogen-bond donors (Lipinski definition) is 1. The third-order valence-corrected chi connectivity index (χ3v) is 4.70. The van der Waals surface area contributed by atoms with Gasteiger partial charge in [-0.1, -0.05) is 42.1 Å². The van der Waals surface area contributed by atoms with Gasteiger partial charge in [-0.05, 0) is 44.4 Å². The Morgan fingerprint density at radius 1 is 1.22 bits per heavy atom. The SMILES string of the molecule is C[C@H](OC(=O)C1CCCC1)C(=O)N[C@H](C)c1ccc(Cl)cc1Cl. The standard InChI is InChI=1S/C17H21Cl2NO3/c1-10(14-8-7-13(18)9-15(14)19)20-16(21)11(2)23-17(22)12-5-3-4-6-12/h7-12H,3-6H2,1-2H3,(H,20,21)/t10-,11+/m1/s1. The molecule has 0 unspecified atom stereocenters. The van der Waals surface area contributed by atoms with E-state index in [1.165, 1.54) is 0 Å². The van der Waals surface area contributed by atoms with Crippen LogP contribution in [0.15, 0.2) is 18.2 Å². The van der Waals surface area contributed by atoms with E-state index in [0.717, 1.165) is 31.2 Å². The van der Waals surface area contributed by atoms with Crippen molar-refractivity contribution in [2.24, 2.45) is 5.92 Å². The van der Waals surface area contributed by atoms with Gasteiger partial charge < -0.3 is 10.1 Å². The molecule has 0 saturated heterocycles. The summed E-state index contributed by atoms with van der Waals surface area (Å²) in [6, 6.07) is 4.81. The Morgan fingerprint density at radius 3 is 2.48 bits per heavy atom. The van der Waals surface area contributed by atoms with Gasteiger partial charge in [0.15, 0.2) is 6.10 Å². The zero-order valence-corrected chi connectivity index (χ0v) is 14.8. The molecule has 4 nitrogen and oxygen atoms in total. The molecule has 0 spiro atoms. The van der Waals surface area contributed by atoms with Gasteiger partial charge in [0.05, 0.1) is 12.0 Å². The second kappa shape index (κ2) is 8.02. The van der Waals surface area contributed by atoms with Gasteiger partial charge in [-0.15, -0.1) is 0 Å². The monoisotopic (exact) mass is 357 g/mol. The first-order chi connectivity index (χ1) is 10.9. The molecule has 1 fully saturated rings. The molecule has 1 aliphatic carbocycles. The number of carbonyl (C=O) groups excluding carboxylic acids is 2. The summed E-state index contributed by atoms with van der Waals surface area (Å²) in [5, 5.41) is 3.83. The number of halogens is 2. The largest absolute Gasteiger partial charge is 0.452 e. The van der Waals surface area contributed by atoms with Crippen LogP contribution >= 0.6 is 23.2 Å². The van der Waals surface area contributed by atoms with E-state index in [1.807, 2.05) is 6.92 Å². The highest BCUT2D eigenvalue weighted by molar-refractivity contribution is 6.35. The highest BCUT2D eigenvalue weighted by Gasteiger charge is 2.28. The van der Waals surface area contributed by atoms with Crippen LogP contribution in [-0.4, -0.2) is 18.0 Å². The predicted octanol–water partition coefficient (Wildman–Crippen LogP) is 4.29. The molecule has 1 saturated carbocycles. The minimum Gasteiger partial charge on any atom is -0.452 e. The Hall–Kier alpha value is -1.26. The maximum atomic E-state index is 12.2. The molecule has 0 aliphatic heterocycles. The van der Waals surface area contributed by atoms with Gasteiger partial charge in [0.25, 0.3) is 5.91 Å². The molecular weight excluding hydrogens is 337 g/mol. The summed E-state index contributed by atoms with van der Waals surface area (Å²) in [4.78, 5) is 24.2. The lowest BCUT2D eigenvalue weighted by molar-refractivity contribution is -0.158. The number of amides is 1. The molecule has 0 radical (unpaired) electrons. The molecule has 2 rings (SSSR count). The van der Waals surface area contributed by atoms with E-state index in [2.05, 4.69) is 5.32 Å². The Kier molecular flexibility index (Phi) is 6.31. The minimum atomic E-state index is -0.823. The smallest absolute Gasteiger partial charge is 0.309 e. The van der Waals surface area contributed by atoms with Crippen LogP contribution in [0.5, 0.6) is 0 Å². The lowest BCUT2D eigenvalue weighted by Gasteiger charge is -2.20. The molecule has 1 amide bonds. The molecule has 1 aliphatic rings. The Bertz CT molecular complexity index is 585. The van der Waals surface area contributed by atoms with Gasteiger partial charge in [0.2, 0.25) is 0 Å². The van der Waals surface area contributed by atoms with Crippen molar-refractivity contribution < 1.29 is 14.3 Å². The molecule has 0 heterocycles.